The summed E-state index contributed by atoms with van der Waals surface area (Å²) in [7, 11) is 0. The zero-order valence-electron chi connectivity index (χ0n) is 10.1. The summed E-state index contributed by atoms with van der Waals surface area (Å²) in [4.78, 5) is 0. The van der Waals surface area contributed by atoms with Crippen LogP contribution in [-0.4, -0.2) is 23.8 Å². The van der Waals surface area contributed by atoms with Crippen LogP contribution in [0.15, 0.2) is 0 Å². The summed E-state index contributed by atoms with van der Waals surface area (Å²) < 4.78 is 0. The van der Waals surface area contributed by atoms with Gasteiger partial charge in [0.1, 0.15) is 0 Å². The SMILES string of the molecule is CCC1CNCCC1(O)C1(C#N)CCCC1. The Labute approximate surface area is 97.8 Å². The van der Waals surface area contributed by atoms with Crippen molar-refractivity contribution in [3.8, 4) is 6.07 Å². The van der Waals surface area contributed by atoms with Gasteiger partial charge in [-0.15, -0.1) is 0 Å². The van der Waals surface area contributed by atoms with Crippen LogP contribution in [0.2, 0.25) is 0 Å². The van der Waals surface area contributed by atoms with E-state index in [9.17, 15) is 10.4 Å². The van der Waals surface area contributed by atoms with E-state index in [4.69, 9.17) is 0 Å². The maximum Gasteiger partial charge on any atom is 0.0885 e. The second-order valence-electron chi connectivity index (χ2n) is 5.38. The van der Waals surface area contributed by atoms with Gasteiger partial charge in [-0.3, -0.25) is 0 Å². The van der Waals surface area contributed by atoms with E-state index in [1.54, 1.807) is 0 Å². The molecule has 1 aliphatic heterocycles. The zero-order chi connectivity index (χ0) is 11.6. The van der Waals surface area contributed by atoms with Crippen LogP contribution in [0.5, 0.6) is 0 Å². The highest BCUT2D eigenvalue weighted by molar-refractivity contribution is 5.16. The fourth-order valence-corrected chi connectivity index (χ4v) is 3.66. The summed E-state index contributed by atoms with van der Waals surface area (Å²) >= 11 is 0. The van der Waals surface area contributed by atoms with Crippen LogP contribution in [0.3, 0.4) is 0 Å². The van der Waals surface area contributed by atoms with Gasteiger partial charge in [0.05, 0.1) is 17.1 Å². The first-order valence-electron chi connectivity index (χ1n) is 6.53. The first kappa shape index (κ1) is 11.9. The van der Waals surface area contributed by atoms with Crippen LogP contribution in [0.25, 0.3) is 0 Å². The second kappa shape index (κ2) is 4.35. The van der Waals surface area contributed by atoms with Gasteiger partial charge in [0.15, 0.2) is 0 Å². The molecule has 2 N–H and O–H groups in total. The molecular formula is C13H22N2O. The monoisotopic (exact) mass is 222 g/mol. The van der Waals surface area contributed by atoms with E-state index >= 15 is 0 Å². The fraction of sp³-hybridized carbons (Fsp3) is 0.923. The highest BCUT2D eigenvalue weighted by Crippen LogP contribution is 2.52. The molecule has 0 aromatic rings. The van der Waals surface area contributed by atoms with Gasteiger partial charge in [0, 0.05) is 12.5 Å². The Bertz CT molecular complexity index is 291. The molecule has 2 aliphatic rings. The van der Waals surface area contributed by atoms with Crippen LogP contribution in [0.4, 0.5) is 0 Å². The van der Waals surface area contributed by atoms with E-state index in [-0.39, 0.29) is 5.92 Å². The number of rotatable bonds is 2. The molecule has 2 unspecified atom stereocenters. The largest absolute Gasteiger partial charge is 0.388 e. The lowest BCUT2D eigenvalue weighted by atomic mass is 9.62. The Morgan fingerprint density at radius 3 is 2.62 bits per heavy atom. The first-order valence-corrected chi connectivity index (χ1v) is 6.53. The maximum absolute atomic E-state index is 11.0. The van der Waals surface area contributed by atoms with Gasteiger partial charge in [-0.05, 0) is 32.2 Å². The Balaban J connectivity index is 2.30. The van der Waals surface area contributed by atoms with Crippen LogP contribution >= 0.6 is 0 Å². The molecule has 2 atom stereocenters. The van der Waals surface area contributed by atoms with E-state index in [1.165, 1.54) is 0 Å². The molecule has 1 saturated carbocycles. The number of nitriles is 1. The Hall–Kier alpha value is -0.590. The van der Waals surface area contributed by atoms with Crippen LogP contribution in [-0.2, 0) is 0 Å². The minimum Gasteiger partial charge on any atom is -0.388 e. The lowest BCUT2D eigenvalue weighted by Gasteiger charge is -2.48. The summed E-state index contributed by atoms with van der Waals surface area (Å²) in [5.74, 6) is 0.235. The third-order valence-electron chi connectivity index (χ3n) is 4.74. The summed E-state index contributed by atoms with van der Waals surface area (Å²) in [5, 5.41) is 23.9. The molecule has 1 heterocycles. The van der Waals surface area contributed by atoms with Crippen molar-refractivity contribution in [3.63, 3.8) is 0 Å². The number of hydrogen-bond donors (Lipinski definition) is 2. The number of piperidine rings is 1. The van der Waals surface area contributed by atoms with E-state index in [0.717, 1.165) is 51.6 Å². The van der Waals surface area contributed by atoms with Gasteiger partial charge >= 0.3 is 0 Å². The molecule has 1 aliphatic carbocycles. The number of aliphatic hydroxyl groups is 1. The van der Waals surface area contributed by atoms with Crippen molar-refractivity contribution in [3.05, 3.63) is 0 Å². The van der Waals surface area contributed by atoms with Gasteiger partial charge in [0.25, 0.3) is 0 Å². The smallest absolute Gasteiger partial charge is 0.0885 e. The standard InChI is InChI=1S/C13H22N2O/c1-2-11-9-15-8-7-13(11,16)12(10-14)5-3-4-6-12/h11,15-16H,2-9H2,1H3. The third-order valence-corrected chi connectivity index (χ3v) is 4.74. The number of nitrogens with one attached hydrogen (secondary N) is 1. The quantitative estimate of drug-likeness (QED) is 0.749. The van der Waals surface area contributed by atoms with Gasteiger partial charge in [-0.2, -0.15) is 5.26 Å². The van der Waals surface area contributed by atoms with E-state index in [1.807, 2.05) is 0 Å². The zero-order valence-corrected chi connectivity index (χ0v) is 10.1. The van der Waals surface area contributed by atoms with Crippen molar-refractivity contribution in [2.75, 3.05) is 13.1 Å². The molecule has 0 aromatic heterocycles. The molecule has 0 radical (unpaired) electrons. The molecular weight excluding hydrogens is 200 g/mol. The molecule has 90 valence electrons. The average Bonchev–Trinajstić information content (AvgIpc) is 2.80. The Kier molecular flexibility index (Phi) is 3.23. The molecule has 16 heavy (non-hydrogen) atoms. The van der Waals surface area contributed by atoms with Crippen LogP contribution in [0, 0.1) is 22.7 Å². The summed E-state index contributed by atoms with van der Waals surface area (Å²) in [6, 6.07) is 2.47. The molecule has 2 rings (SSSR count). The highest BCUT2D eigenvalue weighted by atomic mass is 16.3. The molecule has 0 aromatic carbocycles. The summed E-state index contributed by atoms with van der Waals surface area (Å²) in [5.41, 5.74) is -1.21. The second-order valence-corrected chi connectivity index (χ2v) is 5.38. The first-order chi connectivity index (χ1) is 7.68. The Morgan fingerprint density at radius 1 is 1.38 bits per heavy atom. The number of nitrogens with zero attached hydrogens (tertiary/aromatic N) is 1. The van der Waals surface area contributed by atoms with Crippen molar-refractivity contribution in [1.29, 1.82) is 5.26 Å². The Morgan fingerprint density at radius 2 is 2.06 bits per heavy atom. The molecule has 3 nitrogen and oxygen atoms in total. The van der Waals surface area contributed by atoms with Crippen LogP contribution in [0.1, 0.15) is 45.4 Å². The molecule has 0 bridgehead atoms. The van der Waals surface area contributed by atoms with E-state index in [2.05, 4.69) is 18.3 Å². The number of hydrogen-bond acceptors (Lipinski definition) is 3. The van der Waals surface area contributed by atoms with Crippen molar-refractivity contribution in [1.82, 2.24) is 5.32 Å². The van der Waals surface area contributed by atoms with Crippen molar-refractivity contribution < 1.29 is 5.11 Å². The fourth-order valence-electron chi connectivity index (χ4n) is 3.66. The van der Waals surface area contributed by atoms with Crippen molar-refractivity contribution in [2.45, 2.75) is 51.0 Å². The minimum absolute atomic E-state index is 0.235. The van der Waals surface area contributed by atoms with Gasteiger partial charge in [-0.25, -0.2) is 0 Å². The predicted molar refractivity (Wildman–Crippen MR) is 62.7 cm³/mol. The topological polar surface area (TPSA) is 56.0 Å². The lowest BCUT2D eigenvalue weighted by molar-refractivity contribution is -0.117. The molecule has 3 heteroatoms. The molecule has 0 spiro atoms. The summed E-state index contributed by atoms with van der Waals surface area (Å²) in [6.45, 7) is 3.82. The highest BCUT2D eigenvalue weighted by Gasteiger charge is 2.56. The van der Waals surface area contributed by atoms with Crippen molar-refractivity contribution >= 4 is 0 Å². The average molecular weight is 222 g/mol. The minimum atomic E-state index is -0.752. The predicted octanol–water partition coefficient (Wildman–Crippen LogP) is 1.82. The molecule has 1 saturated heterocycles. The molecule has 0 amide bonds. The van der Waals surface area contributed by atoms with Crippen molar-refractivity contribution in [2.24, 2.45) is 11.3 Å². The van der Waals surface area contributed by atoms with Gasteiger partial charge < -0.3 is 10.4 Å². The lowest BCUT2D eigenvalue weighted by Crippen LogP contribution is -2.58. The molecule has 2 fully saturated rings. The van der Waals surface area contributed by atoms with Crippen LogP contribution < -0.4 is 5.32 Å². The van der Waals surface area contributed by atoms with E-state index < -0.39 is 11.0 Å². The van der Waals surface area contributed by atoms with E-state index in [0.29, 0.717) is 0 Å². The maximum atomic E-state index is 11.0. The third kappa shape index (κ3) is 1.56. The van der Waals surface area contributed by atoms with Gasteiger partial charge in [-0.1, -0.05) is 19.8 Å². The normalized spacial score (nSPS) is 38.2. The van der Waals surface area contributed by atoms with Gasteiger partial charge in [0.2, 0.25) is 0 Å². The summed E-state index contributed by atoms with van der Waals surface area (Å²) in [6.07, 6.45) is 5.65.